The minimum atomic E-state index is -5.15. The second kappa shape index (κ2) is 7.34. The van der Waals surface area contributed by atoms with Gasteiger partial charge in [-0.25, -0.2) is 4.39 Å². The molecule has 0 bridgehead atoms. The average molecular weight is 463 g/mol. The predicted octanol–water partition coefficient (Wildman–Crippen LogP) is 4.61. The van der Waals surface area contributed by atoms with Gasteiger partial charge < -0.3 is 19.9 Å². The Bertz CT molecular complexity index is 1350. The van der Waals surface area contributed by atoms with Crippen LogP contribution >= 0.6 is 0 Å². The zero-order valence-corrected chi connectivity index (χ0v) is 17.7. The number of benzene rings is 2. The number of allylic oxidation sites excluding steroid dienone is 1. The van der Waals surface area contributed by atoms with Gasteiger partial charge in [-0.1, -0.05) is 31.2 Å². The number of alkyl halides is 3. The van der Waals surface area contributed by atoms with Gasteiger partial charge in [-0.15, -0.1) is 0 Å². The SMILES string of the molecule is Cc1c(O)c(=O)c2ccccc2n1C1C=CC(C)(c2cc(F)ccc2O)CC1(O)C(F)(F)F. The molecule has 0 saturated carbocycles. The van der Waals surface area contributed by atoms with Crippen LogP contribution in [0.25, 0.3) is 10.9 Å². The van der Waals surface area contributed by atoms with Crippen molar-refractivity contribution in [1.29, 1.82) is 0 Å². The van der Waals surface area contributed by atoms with Crippen molar-refractivity contribution in [3.8, 4) is 11.5 Å². The van der Waals surface area contributed by atoms with Crippen LogP contribution in [0.5, 0.6) is 11.5 Å². The van der Waals surface area contributed by atoms with Gasteiger partial charge in [0.25, 0.3) is 0 Å². The first-order chi connectivity index (χ1) is 15.3. The maximum atomic E-state index is 14.5. The number of halogens is 4. The van der Waals surface area contributed by atoms with E-state index >= 15 is 0 Å². The Hall–Kier alpha value is -3.33. The summed E-state index contributed by atoms with van der Waals surface area (Å²) in [6.07, 6.45) is -3.61. The molecule has 174 valence electrons. The quantitative estimate of drug-likeness (QED) is 0.383. The van der Waals surface area contributed by atoms with Crippen molar-refractivity contribution >= 4 is 10.9 Å². The van der Waals surface area contributed by atoms with E-state index in [0.29, 0.717) is 0 Å². The molecule has 0 radical (unpaired) electrons. The third kappa shape index (κ3) is 3.38. The molecule has 3 aromatic rings. The number of hydrogen-bond acceptors (Lipinski definition) is 4. The molecule has 1 aliphatic rings. The first kappa shape index (κ1) is 22.8. The second-order valence-electron chi connectivity index (χ2n) is 8.63. The Labute approximate surface area is 185 Å². The van der Waals surface area contributed by atoms with E-state index in [-0.39, 0.29) is 22.2 Å². The van der Waals surface area contributed by atoms with Gasteiger partial charge in [-0.05, 0) is 37.3 Å². The van der Waals surface area contributed by atoms with Gasteiger partial charge in [0.15, 0.2) is 11.4 Å². The lowest BCUT2D eigenvalue weighted by Gasteiger charge is -2.46. The molecule has 9 heteroatoms. The van der Waals surface area contributed by atoms with Crippen LogP contribution in [0.1, 0.15) is 30.6 Å². The van der Waals surface area contributed by atoms with Gasteiger partial charge in [-0.2, -0.15) is 13.2 Å². The summed E-state index contributed by atoms with van der Waals surface area (Å²) in [6, 6.07) is 7.05. The first-order valence-electron chi connectivity index (χ1n) is 10.1. The summed E-state index contributed by atoms with van der Waals surface area (Å²) in [5.41, 5.74) is -5.84. The van der Waals surface area contributed by atoms with Crippen molar-refractivity contribution < 1.29 is 32.9 Å². The van der Waals surface area contributed by atoms with Crippen LogP contribution in [0.3, 0.4) is 0 Å². The number of phenols is 1. The zero-order chi connectivity index (χ0) is 24.3. The average Bonchev–Trinajstić information content (AvgIpc) is 2.74. The molecular formula is C24H21F4NO4. The summed E-state index contributed by atoms with van der Waals surface area (Å²) in [4.78, 5) is 12.5. The Morgan fingerprint density at radius 1 is 1.12 bits per heavy atom. The van der Waals surface area contributed by atoms with Crippen LogP contribution in [0.4, 0.5) is 17.6 Å². The largest absolute Gasteiger partial charge is 0.508 e. The van der Waals surface area contributed by atoms with Gasteiger partial charge in [0.05, 0.1) is 17.3 Å². The smallest absolute Gasteiger partial charge is 0.419 e. The number of aromatic nitrogens is 1. The highest BCUT2D eigenvalue weighted by atomic mass is 19.4. The van der Waals surface area contributed by atoms with Crippen LogP contribution in [0.15, 0.2) is 59.4 Å². The number of fused-ring (bicyclic) bond motifs is 1. The lowest BCUT2D eigenvalue weighted by molar-refractivity contribution is -0.278. The lowest BCUT2D eigenvalue weighted by Crippen LogP contribution is -2.56. The van der Waals surface area contributed by atoms with Crippen molar-refractivity contribution in [2.45, 2.75) is 43.5 Å². The summed E-state index contributed by atoms with van der Waals surface area (Å²) in [5.74, 6) is -1.88. The Kier molecular flexibility index (Phi) is 5.09. The number of para-hydroxylation sites is 1. The Morgan fingerprint density at radius 2 is 1.79 bits per heavy atom. The fraction of sp³-hybridized carbons (Fsp3) is 0.292. The van der Waals surface area contributed by atoms with Gasteiger partial charge in [-0.3, -0.25) is 4.79 Å². The lowest BCUT2D eigenvalue weighted by atomic mass is 9.66. The minimum absolute atomic E-state index is 0.00497. The van der Waals surface area contributed by atoms with E-state index in [2.05, 4.69) is 0 Å². The highest BCUT2D eigenvalue weighted by Crippen LogP contribution is 2.53. The number of aliphatic hydroxyl groups is 1. The number of aromatic hydroxyl groups is 2. The van der Waals surface area contributed by atoms with E-state index in [9.17, 15) is 37.7 Å². The highest BCUT2D eigenvalue weighted by molar-refractivity contribution is 5.81. The Balaban J connectivity index is 2.02. The Morgan fingerprint density at radius 3 is 2.45 bits per heavy atom. The molecule has 0 fully saturated rings. The van der Waals surface area contributed by atoms with Crippen LogP contribution in [0.2, 0.25) is 0 Å². The predicted molar refractivity (Wildman–Crippen MR) is 114 cm³/mol. The molecule has 33 heavy (non-hydrogen) atoms. The molecule has 3 N–H and O–H groups in total. The molecule has 0 saturated heterocycles. The molecule has 0 amide bonds. The fourth-order valence-electron chi connectivity index (χ4n) is 4.73. The molecule has 1 heterocycles. The standard InChI is InChI=1S/C24H21F4NO4/c1-13-20(31)21(32)15-5-3-4-6-17(15)29(13)19-9-10-22(2,12-23(19,33)24(26,27)28)16-11-14(25)7-8-18(16)30/h3-11,19,30-31,33H,12H2,1-2H3. The second-order valence-corrected chi connectivity index (χ2v) is 8.63. The molecule has 1 aliphatic carbocycles. The summed E-state index contributed by atoms with van der Waals surface area (Å²) < 4.78 is 58.3. The van der Waals surface area contributed by atoms with Crippen LogP contribution < -0.4 is 5.43 Å². The number of pyridine rings is 1. The number of nitrogens with zero attached hydrogens (tertiary/aromatic N) is 1. The van der Waals surface area contributed by atoms with Crippen molar-refractivity contribution in [3.05, 3.63) is 81.9 Å². The van der Waals surface area contributed by atoms with E-state index in [1.807, 2.05) is 0 Å². The number of hydrogen-bond donors (Lipinski definition) is 3. The van der Waals surface area contributed by atoms with Crippen molar-refractivity contribution in [3.63, 3.8) is 0 Å². The van der Waals surface area contributed by atoms with E-state index in [1.165, 1.54) is 44.2 Å². The molecule has 2 aromatic carbocycles. The maximum absolute atomic E-state index is 14.5. The van der Waals surface area contributed by atoms with E-state index in [1.54, 1.807) is 0 Å². The van der Waals surface area contributed by atoms with Gasteiger partial charge in [0.1, 0.15) is 11.6 Å². The zero-order valence-electron chi connectivity index (χ0n) is 17.7. The van der Waals surface area contributed by atoms with E-state index in [4.69, 9.17) is 0 Å². The molecule has 0 aliphatic heterocycles. The van der Waals surface area contributed by atoms with Gasteiger partial charge in [0.2, 0.25) is 5.43 Å². The molecule has 1 aromatic heterocycles. The van der Waals surface area contributed by atoms with Crippen LogP contribution in [-0.2, 0) is 5.41 Å². The highest BCUT2D eigenvalue weighted by Gasteiger charge is 2.62. The van der Waals surface area contributed by atoms with Gasteiger partial charge >= 0.3 is 6.18 Å². The van der Waals surface area contributed by atoms with Gasteiger partial charge in [0, 0.05) is 22.8 Å². The molecule has 5 nitrogen and oxygen atoms in total. The summed E-state index contributed by atoms with van der Waals surface area (Å²) in [7, 11) is 0. The molecule has 3 unspecified atom stereocenters. The number of phenolic OH excluding ortho intramolecular Hbond substituents is 1. The topological polar surface area (TPSA) is 82.7 Å². The van der Waals surface area contributed by atoms with E-state index in [0.717, 1.165) is 28.8 Å². The third-order valence-electron chi connectivity index (χ3n) is 6.44. The van der Waals surface area contributed by atoms with Crippen molar-refractivity contribution in [2.75, 3.05) is 0 Å². The molecule has 0 spiro atoms. The fourth-order valence-corrected chi connectivity index (χ4v) is 4.73. The van der Waals surface area contributed by atoms with Crippen LogP contribution in [0, 0.1) is 12.7 Å². The van der Waals surface area contributed by atoms with Crippen molar-refractivity contribution in [2.24, 2.45) is 0 Å². The first-order valence-corrected chi connectivity index (χ1v) is 10.1. The number of rotatable bonds is 2. The van der Waals surface area contributed by atoms with Crippen LogP contribution in [-0.4, -0.2) is 31.7 Å². The summed E-state index contributed by atoms with van der Waals surface area (Å²) >= 11 is 0. The van der Waals surface area contributed by atoms with Crippen molar-refractivity contribution in [1.82, 2.24) is 4.57 Å². The maximum Gasteiger partial charge on any atom is 0.419 e. The normalized spacial score (nSPS) is 25.5. The molecule has 3 atom stereocenters. The third-order valence-corrected chi connectivity index (χ3v) is 6.44. The summed E-state index contributed by atoms with van der Waals surface area (Å²) in [6.45, 7) is 2.65. The molecule has 4 rings (SSSR count). The monoisotopic (exact) mass is 463 g/mol. The van der Waals surface area contributed by atoms with E-state index < -0.39 is 52.4 Å². The minimum Gasteiger partial charge on any atom is -0.508 e. The molecular weight excluding hydrogens is 442 g/mol. The summed E-state index contributed by atoms with van der Waals surface area (Å²) in [5, 5.41) is 31.8.